The number of unbranched alkanes of at least 4 members (excludes halogenated alkanes) is 2. The van der Waals surface area contributed by atoms with Crippen LogP contribution in [0.1, 0.15) is 39.5 Å². The number of anilines is 1. The number of methoxy groups -OCH3 is 1. The first kappa shape index (κ1) is 15.8. The molecule has 0 saturated heterocycles. The summed E-state index contributed by atoms with van der Waals surface area (Å²) in [5.41, 5.74) is 0.173. The van der Waals surface area contributed by atoms with Crippen LogP contribution in [-0.4, -0.2) is 18.6 Å². The fraction of sp³-hybridized carbons (Fsp3) is 0.533. The van der Waals surface area contributed by atoms with Gasteiger partial charge in [0.2, 0.25) is 0 Å². The van der Waals surface area contributed by atoms with Gasteiger partial charge in [-0.05, 0) is 37.6 Å². The molecule has 1 rings (SSSR count). The van der Waals surface area contributed by atoms with E-state index in [1.807, 2.05) is 19.1 Å². The van der Waals surface area contributed by atoms with E-state index in [1.165, 1.54) is 7.11 Å². The molecule has 0 heterocycles. The second-order valence-corrected chi connectivity index (χ2v) is 5.35. The van der Waals surface area contributed by atoms with E-state index in [2.05, 4.69) is 12.2 Å². The first-order valence-corrected chi connectivity index (χ1v) is 7.02. The number of hydrogen-bond donors (Lipinski definition) is 1. The smallest absolute Gasteiger partial charge is 0.331 e. The molecule has 1 unspecified atom stereocenters. The van der Waals surface area contributed by atoms with Crippen molar-refractivity contribution in [1.29, 1.82) is 0 Å². The van der Waals surface area contributed by atoms with Gasteiger partial charge in [-0.25, -0.2) is 4.79 Å². The van der Waals surface area contributed by atoms with Gasteiger partial charge in [0.25, 0.3) is 0 Å². The summed E-state index contributed by atoms with van der Waals surface area (Å²) in [5.74, 6) is -0.237. The van der Waals surface area contributed by atoms with E-state index in [0.717, 1.165) is 31.4 Å². The average molecular weight is 284 g/mol. The maximum atomic E-state index is 12.0. The minimum atomic E-state index is -0.697. The van der Waals surface area contributed by atoms with Crippen LogP contribution in [0.15, 0.2) is 24.3 Å². The van der Waals surface area contributed by atoms with Crippen molar-refractivity contribution in [2.45, 2.75) is 45.1 Å². The molecule has 0 aliphatic rings. The second kappa shape index (κ2) is 7.39. The Kier molecular flexibility index (Phi) is 6.16. The van der Waals surface area contributed by atoms with Gasteiger partial charge in [-0.2, -0.15) is 0 Å². The predicted octanol–water partition coefficient (Wildman–Crippen LogP) is 4.26. The van der Waals surface area contributed by atoms with Gasteiger partial charge < -0.3 is 10.1 Å². The first-order chi connectivity index (χ1) is 9.01. The molecule has 0 aliphatic heterocycles. The minimum Gasteiger partial charge on any atom is -0.467 e. The summed E-state index contributed by atoms with van der Waals surface area (Å²) in [4.78, 5) is 12.0. The van der Waals surface area contributed by atoms with Crippen LogP contribution in [0, 0.1) is 0 Å². The molecule has 1 atom stereocenters. The van der Waals surface area contributed by atoms with Crippen LogP contribution >= 0.6 is 11.6 Å². The summed E-state index contributed by atoms with van der Waals surface area (Å²) in [7, 11) is 1.42. The number of hydrogen-bond acceptors (Lipinski definition) is 3. The molecule has 0 saturated carbocycles. The van der Waals surface area contributed by atoms with Gasteiger partial charge in [0.1, 0.15) is 5.54 Å². The van der Waals surface area contributed by atoms with Gasteiger partial charge in [0.15, 0.2) is 0 Å². The first-order valence-electron chi connectivity index (χ1n) is 6.64. The number of carbonyl (C=O) groups excluding carboxylic acids is 1. The number of ether oxygens (including phenoxy) is 1. The van der Waals surface area contributed by atoms with E-state index in [9.17, 15) is 4.79 Å². The molecule has 4 heteroatoms. The summed E-state index contributed by atoms with van der Waals surface area (Å²) in [6.07, 6.45) is 3.96. The highest BCUT2D eigenvalue weighted by atomic mass is 35.5. The van der Waals surface area contributed by atoms with Crippen molar-refractivity contribution in [1.82, 2.24) is 0 Å². The molecular weight excluding hydrogens is 262 g/mol. The standard InChI is InChI=1S/C15H22ClNO2/c1-4-5-6-11-15(2,14(18)19-3)17-13-9-7-12(16)8-10-13/h7-10,17H,4-6,11H2,1-3H3. The second-order valence-electron chi connectivity index (χ2n) is 4.91. The highest BCUT2D eigenvalue weighted by Gasteiger charge is 2.33. The third-order valence-electron chi connectivity index (χ3n) is 3.18. The molecule has 0 spiro atoms. The monoisotopic (exact) mass is 283 g/mol. The molecule has 0 aliphatic carbocycles. The molecule has 0 amide bonds. The van der Waals surface area contributed by atoms with E-state index < -0.39 is 5.54 Å². The zero-order valence-electron chi connectivity index (χ0n) is 11.8. The zero-order chi connectivity index (χ0) is 14.3. The lowest BCUT2D eigenvalue weighted by molar-refractivity contribution is -0.145. The van der Waals surface area contributed by atoms with Crippen LogP contribution in [0.4, 0.5) is 5.69 Å². The van der Waals surface area contributed by atoms with E-state index in [1.54, 1.807) is 12.1 Å². The van der Waals surface area contributed by atoms with Crippen molar-refractivity contribution in [2.75, 3.05) is 12.4 Å². The number of nitrogens with one attached hydrogen (secondary N) is 1. The van der Waals surface area contributed by atoms with Crippen LogP contribution in [0.2, 0.25) is 5.02 Å². The number of halogens is 1. The molecule has 0 fully saturated rings. The zero-order valence-corrected chi connectivity index (χ0v) is 12.6. The molecule has 0 bridgehead atoms. The van der Waals surface area contributed by atoms with E-state index in [4.69, 9.17) is 16.3 Å². The molecular formula is C15H22ClNO2. The number of esters is 1. The summed E-state index contributed by atoms with van der Waals surface area (Å²) in [6.45, 7) is 4.02. The molecule has 1 N–H and O–H groups in total. The van der Waals surface area contributed by atoms with Gasteiger partial charge in [-0.15, -0.1) is 0 Å². The number of benzene rings is 1. The quantitative estimate of drug-likeness (QED) is 0.600. The van der Waals surface area contributed by atoms with Crippen molar-refractivity contribution in [3.8, 4) is 0 Å². The summed E-state index contributed by atoms with van der Waals surface area (Å²) >= 11 is 5.86. The Bertz CT molecular complexity index is 405. The Morgan fingerprint density at radius 3 is 2.47 bits per heavy atom. The Hall–Kier alpha value is -1.22. The topological polar surface area (TPSA) is 38.3 Å². The molecule has 0 radical (unpaired) electrons. The summed E-state index contributed by atoms with van der Waals surface area (Å²) in [6, 6.07) is 7.33. The number of rotatable bonds is 7. The van der Waals surface area contributed by atoms with E-state index in [0.29, 0.717) is 5.02 Å². The third-order valence-corrected chi connectivity index (χ3v) is 3.43. The lowest BCUT2D eigenvalue weighted by Crippen LogP contribution is -2.44. The van der Waals surface area contributed by atoms with Gasteiger partial charge in [-0.3, -0.25) is 0 Å². The lowest BCUT2D eigenvalue weighted by atomic mass is 9.94. The van der Waals surface area contributed by atoms with Gasteiger partial charge >= 0.3 is 5.97 Å². The highest BCUT2D eigenvalue weighted by Crippen LogP contribution is 2.24. The van der Waals surface area contributed by atoms with Crippen molar-refractivity contribution in [3.63, 3.8) is 0 Å². The number of carbonyl (C=O) groups is 1. The van der Waals surface area contributed by atoms with E-state index >= 15 is 0 Å². The van der Waals surface area contributed by atoms with Gasteiger partial charge in [0.05, 0.1) is 7.11 Å². The largest absolute Gasteiger partial charge is 0.467 e. The van der Waals surface area contributed by atoms with Gasteiger partial charge in [0, 0.05) is 10.7 Å². The third kappa shape index (κ3) is 4.75. The lowest BCUT2D eigenvalue weighted by Gasteiger charge is -2.29. The molecule has 1 aromatic carbocycles. The van der Waals surface area contributed by atoms with Crippen LogP contribution in [0.25, 0.3) is 0 Å². The molecule has 3 nitrogen and oxygen atoms in total. The fourth-order valence-electron chi connectivity index (χ4n) is 2.02. The predicted molar refractivity (Wildman–Crippen MR) is 79.6 cm³/mol. The Balaban J connectivity index is 2.78. The average Bonchev–Trinajstić information content (AvgIpc) is 2.41. The van der Waals surface area contributed by atoms with Crippen LogP contribution < -0.4 is 5.32 Å². The van der Waals surface area contributed by atoms with Crippen molar-refractivity contribution < 1.29 is 9.53 Å². The van der Waals surface area contributed by atoms with Crippen LogP contribution in [-0.2, 0) is 9.53 Å². The molecule has 0 aromatic heterocycles. The Morgan fingerprint density at radius 2 is 1.95 bits per heavy atom. The normalized spacial score (nSPS) is 13.7. The van der Waals surface area contributed by atoms with Crippen molar-refractivity contribution in [2.24, 2.45) is 0 Å². The molecule has 106 valence electrons. The fourth-order valence-corrected chi connectivity index (χ4v) is 2.15. The van der Waals surface area contributed by atoms with Crippen molar-refractivity contribution >= 4 is 23.3 Å². The van der Waals surface area contributed by atoms with Crippen molar-refractivity contribution in [3.05, 3.63) is 29.3 Å². The van der Waals surface area contributed by atoms with Crippen LogP contribution in [0.5, 0.6) is 0 Å². The summed E-state index contributed by atoms with van der Waals surface area (Å²) in [5, 5.41) is 3.94. The Labute approximate surface area is 120 Å². The summed E-state index contributed by atoms with van der Waals surface area (Å²) < 4.78 is 4.91. The van der Waals surface area contributed by atoms with Crippen LogP contribution in [0.3, 0.4) is 0 Å². The minimum absolute atomic E-state index is 0.237. The maximum absolute atomic E-state index is 12.0. The van der Waals surface area contributed by atoms with E-state index in [-0.39, 0.29) is 5.97 Å². The molecule has 1 aromatic rings. The highest BCUT2D eigenvalue weighted by molar-refractivity contribution is 6.30. The van der Waals surface area contributed by atoms with Gasteiger partial charge in [-0.1, -0.05) is 37.8 Å². The molecule has 19 heavy (non-hydrogen) atoms. The Morgan fingerprint density at radius 1 is 1.32 bits per heavy atom. The SMILES string of the molecule is CCCCCC(C)(Nc1ccc(Cl)cc1)C(=O)OC. The maximum Gasteiger partial charge on any atom is 0.331 e.